The number of anilines is 1. The molecule has 0 unspecified atom stereocenters. The van der Waals surface area contributed by atoms with Crippen molar-refractivity contribution in [2.24, 2.45) is 0 Å². The van der Waals surface area contributed by atoms with Crippen LogP contribution in [0.1, 0.15) is 31.2 Å². The number of rotatable bonds is 8. The lowest BCUT2D eigenvalue weighted by Crippen LogP contribution is -2.29. The molecule has 4 nitrogen and oxygen atoms in total. The van der Waals surface area contributed by atoms with Crippen LogP contribution in [0.15, 0.2) is 53.4 Å². The Labute approximate surface area is 204 Å². The van der Waals surface area contributed by atoms with Crippen molar-refractivity contribution in [2.45, 2.75) is 25.7 Å². The van der Waals surface area contributed by atoms with E-state index >= 15 is 0 Å². The van der Waals surface area contributed by atoms with E-state index in [1.807, 2.05) is 42.5 Å². The fourth-order valence-electron chi connectivity index (χ4n) is 2.93. The number of hydrogen-bond acceptors (Lipinski definition) is 4. The molecule has 0 saturated carbocycles. The van der Waals surface area contributed by atoms with Crippen molar-refractivity contribution in [3.8, 4) is 0 Å². The zero-order chi connectivity index (χ0) is 21.5. The molecule has 8 heteroatoms. The SMILES string of the molecule is O=C(CCCCCN1C(=O)C(=Cc2ccc(Cl)cc2)SC1=S)Nc1cccc(I)c1. The number of benzene rings is 2. The van der Waals surface area contributed by atoms with Gasteiger partial charge < -0.3 is 5.32 Å². The lowest BCUT2D eigenvalue weighted by atomic mass is 10.1. The van der Waals surface area contributed by atoms with Crippen LogP contribution in [0.2, 0.25) is 5.02 Å². The molecule has 1 heterocycles. The topological polar surface area (TPSA) is 49.4 Å². The first-order valence-corrected chi connectivity index (χ1v) is 12.2. The third kappa shape index (κ3) is 6.80. The summed E-state index contributed by atoms with van der Waals surface area (Å²) in [6.07, 6.45) is 4.72. The van der Waals surface area contributed by atoms with Crippen LogP contribution >= 0.6 is 58.2 Å². The number of nitrogens with zero attached hydrogens (tertiary/aromatic N) is 1. The van der Waals surface area contributed by atoms with Crippen LogP contribution in [0.4, 0.5) is 5.69 Å². The molecule has 2 amide bonds. The van der Waals surface area contributed by atoms with Gasteiger partial charge in [0.2, 0.25) is 5.91 Å². The van der Waals surface area contributed by atoms with Gasteiger partial charge in [-0.1, -0.05) is 60.2 Å². The minimum Gasteiger partial charge on any atom is -0.326 e. The van der Waals surface area contributed by atoms with Gasteiger partial charge in [0.05, 0.1) is 4.91 Å². The summed E-state index contributed by atoms with van der Waals surface area (Å²) in [5, 5.41) is 3.57. The van der Waals surface area contributed by atoms with Crippen molar-refractivity contribution in [1.82, 2.24) is 4.90 Å². The molecule has 2 aromatic rings. The number of carbonyl (C=O) groups is 2. The Morgan fingerprint density at radius 1 is 1.17 bits per heavy atom. The molecule has 1 aliphatic rings. The number of amides is 2. The number of carbonyl (C=O) groups excluding carboxylic acids is 2. The Bertz CT molecular complexity index is 979. The molecule has 2 aromatic carbocycles. The number of hydrogen-bond donors (Lipinski definition) is 1. The normalized spacial score (nSPS) is 15.1. The average Bonchev–Trinajstić information content (AvgIpc) is 2.96. The Morgan fingerprint density at radius 2 is 1.93 bits per heavy atom. The summed E-state index contributed by atoms with van der Waals surface area (Å²) in [5.41, 5.74) is 1.73. The molecule has 1 aliphatic heterocycles. The maximum Gasteiger partial charge on any atom is 0.266 e. The lowest BCUT2D eigenvalue weighted by molar-refractivity contribution is -0.122. The predicted molar refractivity (Wildman–Crippen MR) is 138 cm³/mol. The van der Waals surface area contributed by atoms with E-state index < -0.39 is 0 Å². The number of unbranched alkanes of at least 4 members (excludes halogenated alkanes) is 2. The first kappa shape index (κ1) is 23.2. The second-order valence-corrected chi connectivity index (χ2v) is 10.1. The molecular formula is C22H20ClIN2O2S2. The van der Waals surface area contributed by atoms with Crippen LogP contribution in [-0.2, 0) is 9.59 Å². The monoisotopic (exact) mass is 570 g/mol. The van der Waals surface area contributed by atoms with Gasteiger partial charge in [0.1, 0.15) is 4.32 Å². The molecule has 0 radical (unpaired) electrons. The molecule has 0 bridgehead atoms. The number of thioether (sulfide) groups is 1. The summed E-state index contributed by atoms with van der Waals surface area (Å²) in [4.78, 5) is 27.0. The van der Waals surface area contributed by atoms with Crippen molar-refractivity contribution in [3.05, 3.63) is 67.6 Å². The van der Waals surface area contributed by atoms with E-state index in [0.29, 0.717) is 27.2 Å². The van der Waals surface area contributed by atoms with Crippen molar-refractivity contribution in [3.63, 3.8) is 0 Å². The standard InChI is InChI=1S/C22H20ClIN2O2S2/c23-16-10-8-15(9-11-16)13-19-21(28)26(22(29)30-19)12-3-1-2-7-20(27)25-18-6-4-5-17(24)14-18/h4-6,8-11,13-14H,1-3,7,12H2,(H,25,27). The number of nitrogens with one attached hydrogen (secondary N) is 1. The van der Waals surface area contributed by atoms with Gasteiger partial charge in [0.15, 0.2) is 0 Å². The number of halogens is 2. The fraction of sp³-hybridized carbons (Fsp3) is 0.227. The second-order valence-electron chi connectivity index (χ2n) is 6.75. The minimum atomic E-state index is -0.0589. The summed E-state index contributed by atoms with van der Waals surface area (Å²) >= 11 is 14.8. The van der Waals surface area contributed by atoms with Gasteiger partial charge in [0.25, 0.3) is 5.91 Å². The summed E-state index contributed by atoms with van der Waals surface area (Å²) in [5.74, 6) is -0.0510. The second kappa shape index (κ2) is 11.3. The Kier molecular flexibility index (Phi) is 8.73. The van der Waals surface area contributed by atoms with E-state index in [9.17, 15) is 9.59 Å². The molecule has 0 atom stereocenters. The summed E-state index contributed by atoms with van der Waals surface area (Å²) in [7, 11) is 0. The molecule has 1 fully saturated rings. The van der Waals surface area contributed by atoms with E-state index in [1.165, 1.54) is 11.8 Å². The van der Waals surface area contributed by atoms with Gasteiger partial charge in [-0.15, -0.1) is 0 Å². The highest BCUT2D eigenvalue weighted by Gasteiger charge is 2.31. The van der Waals surface area contributed by atoms with Gasteiger partial charge >= 0.3 is 0 Å². The van der Waals surface area contributed by atoms with Crippen LogP contribution < -0.4 is 5.32 Å². The third-order valence-corrected chi connectivity index (χ3v) is 6.74. The fourth-order valence-corrected chi connectivity index (χ4v) is 4.90. The highest BCUT2D eigenvalue weighted by molar-refractivity contribution is 14.1. The number of thiocarbonyl (C=S) groups is 1. The van der Waals surface area contributed by atoms with Crippen LogP contribution in [0.5, 0.6) is 0 Å². The van der Waals surface area contributed by atoms with E-state index in [0.717, 1.165) is 34.1 Å². The van der Waals surface area contributed by atoms with E-state index in [4.69, 9.17) is 23.8 Å². The van der Waals surface area contributed by atoms with E-state index in [-0.39, 0.29) is 11.8 Å². The Balaban J connectivity index is 1.41. The first-order valence-electron chi connectivity index (χ1n) is 9.49. The highest BCUT2D eigenvalue weighted by Crippen LogP contribution is 2.33. The highest BCUT2D eigenvalue weighted by atomic mass is 127. The van der Waals surface area contributed by atoms with Gasteiger partial charge in [0, 0.05) is 27.2 Å². The lowest BCUT2D eigenvalue weighted by Gasteiger charge is -2.14. The molecule has 0 aromatic heterocycles. The molecule has 1 saturated heterocycles. The van der Waals surface area contributed by atoms with Crippen molar-refractivity contribution < 1.29 is 9.59 Å². The van der Waals surface area contributed by atoms with Crippen molar-refractivity contribution >= 4 is 86.1 Å². The van der Waals surface area contributed by atoms with Gasteiger partial charge in [-0.2, -0.15) is 0 Å². The predicted octanol–water partition coefficient (Wildman–Crippen LogP) is 6.34. The van der Waals surface area contributed by atoms with Crippen molar-refractivity contribution in [2.75, 3.05) is 11.9 Å². The molecule has 0 spiro atoms. The summed E-state index contributed by atoms with van der Waals surface area (Å²) < 4.78 is 1.66. The van der Waals surface area contributed by atoms with Crippen LogP contribution in [-0.4, -0.2) is 27.6 Å². The largest absolute Gasteiger partial charge is 0.326 e. The summed E-state index contributed by atoms with van der Waals surface area (Å²) in [6.45, 7) is 0.571. The zero-order valence-corrected chi connectivity index (χ0v) is 20.6. The Morgan fingerprint density at radius 3 is 2.67 bits per heavy atom. The molecule has 0 aliphatic carbocycles. The van der Waals surface area contributed by atoms with Gasteiger partial charge in [-0.25, -0.2) is 0 Å². The Hall–Kier alpha value is -1.42. The van der Waals surface area contributed by atoms with Crippen LogP contribution in [0, 0.1) is 3.57 Å². The molecule has 1 N–H and O–H groups in total. The smallest absolute Gasteiger partial charge is 0.266 e. The molecular weight excluding hydrogens is 551 g/mol. The van der Waals surface area contributed by atoms with E-state index in [1.54, 1.807) is 17.0 Å². The van der Waals surface area contributed by atoms with E-state index in [2.05, 4.69) is 27.9 Å². The van der Waals surface area contributed by atoms with Gasteiger partial charge in [-0.3, -0.25) is 14.5 Å². The zero-order valence-electron chi connectivity index (χ0n) is 16.1. The quantitative estimate of drug-likeness (QED) is 0.174. The van der Waals surface area contributed by atoms with Crippen LogP contribution in [0.25, 0.3) is 6.08 Å². The molecule has 30 heavy (non-hydrogen) atoms. The van der Waals surface area contributed by atoms with Crippen LogP contribution in [0.3, 0.4) is 0 Å². The first-order chi connectivity index (χ1) is 14.4. The third-order valence-electron chi connectivity index (χ3n) is 4.44. The minimum absolute atomic E-state index is 0.00788. The average molecular weight is 571 g/mol. The summed E-state index contributed by atoms with van der Waals surface area (Å²) in [6, 6.07) is 15.0. The molecule has 3 rings (SSSR count). The maximum atomic E-state index is 12.6. The molecule has 156 valence electrons. The van der Waals surface area contributed by atoms with Crippen molar-refractivity contribution in [1.29, 1.82) is 0 Å². The van der Waals surface area contributed by atoms with Gasteiger partial charge in [-0.05, 0) is 77.4 Å². The maximum absolute atomic E-state index is 12.6.